The number of thiophene rings is 1. The summed E-state index contributed by atoms with van der Waals surface area (Å²) in [6, 6.07) is 39.5. The van der Waals surface area contributed by atoms with Crippen LogP contribution in [0.25, 0.3) is 64.3 Å². The number of aryl methyl sites for hydroxylation is 1. The van der Waals surface area contributed by atoms with E-state index in [1.807, 2.05) is 11.3 Å². The molecule has 0 unspecified atom stereocenters. The number of furan rings is 1. The van der Waals surface area contributed by atoms with Crippen LogP contribution < -0.4 is 15.8 Å². The van der Waals surface area contributed by atoms with Crippen LogP contribution in [0.3, 0.4) is 0 Å². The van der Waals surface area contributed by atoms with Crippen molar-refractivity contribution >= 4 is 99.3 Å². The maximum absolute atomic E-state index is 6.98. The molecule has 56 heavy (non-hydrogen) atoms. The number of benzene rings is 6. The van der Waals surface area contributed by atoms with Gasteiger partial charge >= 0.3 is 6.85 Å². The highest BCUT2D eigenvalue weighted by molar-refractivity contribution is 7.26. The van der Waals surface area contributed by atoms with Gasteiger partial charge in [0.1, 0.15) is 5.58 Å². The van der Waals surface area contributed by atoms with Gasteiger partial charge in [-0.05, 0) is 99.0 Å². The highest BCUT2D eigenvalue weighted by Gasteiger charge is 2.46. The van der Waals surface area contributed by atoms with E-state index in [1.54, 1.807) is 0 Å². The summed E-state index contributed by atoms with van der Waals surface area (Å²) in [6.07, 6.45) is 2.38. The third kappa shape index (κ3) is 4.09. The molecule has 1 aliphatic carbocycles. The molecule has 0 saturated heterocycles. The summed E-state index contributed by atoms with van der Waals surface area (Å²) in [7, 11) is 0. The lowest BCUT2D eigenvalue weighted by Gasteiger charge is -2.45. The van der Waals surface area contributed by atoms with Crippen LogP contribution >= 0.6 is 11.3 Å². The Bertz CT molecular complexity index is 3220. The zero-order chi connectivity index (χ0) is 38.2. The lowest BCUT2D eigenvalue weighted by Crippen LogP contribution is -2.57. The lowest BCUT2D eigenvalue weighted by atomic mass is 9.45. The molecule has 274 valence electrons. The maximum atomic E-state index is 6.98. The van der Waals surface area contributed by atoms with E-state index in [2.05, 4.69) is 168 Å². The van der Waals surface area contributed by atoms with E-state index >= 15 is 0 Å². The highest BCUT2D eigenvalue weighted by atomic mass is 32.1. The van der Waals surface area contributed by atoms with Crippen molar-refractivity contribution < 1.29 is 4.42 Å². The van der Waals surface area contributed by atoms with E-state index < -0.39 is 0 Å². The summed E-state index contributed by atoms with van der Waals surface area (Å²) in [5.74, 6) is 0. The molecule has 9 aromatic rings. The third-order valence-electron chi connectivity index (χ3n) is 13.9. The average molecular weight is 745 g/mol. The van der Waals surface area contributed by atoms with Gasteiger partial charge in [-0.2, -0.15) is 0 Å². The summed E-state index contributed by atoms with van der Waals surface area (Å²) in [4.78, 5) is 2.70. The minimum atomic E-state index is -0.0707. The van der Waals surface area contributed by atoms with Crippen LogP contribution in [0.4, 0.5) is 17.1 Å². The Kier molecular flexibility index (Phi) is 6.22. The summed E-state index contributed by atoms with van der Waals surface area (Å²) in [5.41, 5.74) is 18.2. The normalized spacial score (nSPS) is 16.6. The second-order valence-electron chi connectivity index (χ2n) is 19.2. The van der Waals surface area contributed by atoms with Crippen LogP contribution in [0.15, 0.2) is 108 Å². The van der Waals surface area contributed by atoms with Crippen LogP contribution in [-0.2, 0) is 16.2 Å². The zero-order valence-corrected chi connectivity index (χ0v) is 34.3. The molecule has 0 atom stereocenters. The van der Waals surface area contributed by atoms with Crippen molar-refractivity contribution in [1.29, 1.82) is 0 Å². The Morgan fingerprint density at radius 2 is 1.41 bits per heavy atom. The van der Waals surface area contributed by atoms with E-state index in [-0.39, 0.29) is 23.1 Å². The summed E-state index contributed by atoms with van der Waals surface area (Å²) in [6.45, 7) is 19.2. The van der Waals surface area contributed by atoms with Crippen molar-refractivity contribution in [2.24, 2.45) is 0 Å². The minimum absolute atomic E-state index is 0.0648. The van der Waals surface area contributed by atoms with Gasteiger partial charge in [0.2, 0.25) is 0 Å². The Balaban J connectivity index is 1.29. The van der Waals surface area contributed by atoms with Gasteiger partial charge < -0.3 is 13.8 Å². The topological polar surface area (TPSA) is 21.3 Å². The second-order valence-corrected chi connectivity index (χ2v) is 20.3. The number of nitrogens with zero attached hydrogens (tertiary/aromatic N) is 2. The Morgan fingerprint density at radius 1 is 0.696 bits per heavy atom. The van der Waals surface area contributed by atoms with Crippen LogP contribution in [0.2, 0.25) is 0 Å². The first-order valence-corrected chi connectivity index (χ1v) is 21.2. The maximum Gasteiger partial charge on any atom is 0.336 e. The van der Waals surface area contributed by atoms with Gasteiger partial charge in [-0.1, -0.05) is 127 Å². The predicted octanol–water partition coefficient (Wildman–Crippen LogP) is 13.3. The Hall–Kier alpha value is -5.26. The fraction of sp³-hybridized carbons (Fsp3) is 0.255. The fourth-order valence-corrected chi connectivity index (χ4v) is 12.0. The van der Waals surface area contributed by atoms with Crippen molar-refractivity contribution in [1.82, 2.24) is 4.48 Å². The summed E-state index contributed by atoms with van der Waals surface area (Å²) >= 11 is 1.94. The molecule has 6 aromatic carbocycles. The summed E-state index contributed by atoms with van der Waals surface area (Å²) < 4.78 is 12.2. The SMILES string of the molecule is Cc1cc2c(cc1N1c3cc(C(C)(C)C)cc4c3B(c3ccc5c(sc6ccccc65)c31)n1c3oc5ccccc5c3c3cccc-4c31)C(C)(C)CCC2(C)C. The number of para-hydroxylation sites is 2. The second kappa shape index (κ2) is 10.6. The highest BCUT2D eigenvalue weighted by Crippen LogP contribution is 2.54. The van der Waals surface area contributed by atoms with Gasteiger partial charge in [0.25, 0.3) is 0 Å². The molecular formula is C51H45BN2OS. The Labute approximate surface area is 332 Å². The molecule has 0 bridgehead atoms. The molecule has 0 amide bonds. The first-order chi connectivity index (χ1) is 26.8. The smallest absolute Gasteiger partial charge is 0.336 e. The molecule has 12 rings (SSSR count). The molecule has 0 fully saturated rings. The summed E-state index contributed by atoms with van der Waals surface area (Å²) in [5, 5.41) is 6.30. The first kappa shape index (κ1) is 32.9. The van der Waals surface area contributed by atoms with Gasteiger partial charge in [0, 0.05) is 48.7 Å². The van der Waals surface area contributed by atoms with Crippen LogP contribution in [0.5, 0.6) is 0 Å². The molecular weight excluding hydrogens is 699 g/mol. The monoisotopic (exact) mass is 744 g/mol. The molecule has 2 aliphatic heterocycles. The number of rotatable bonds is 1. The lowest BCUT2D eigenvalue weighted by molar-refractivity contribution is 0.332. The molecule has 0 saturated carbocycles. The van der Waals surface area contributed by atoms with E-state index in [0.717, 1.165) is 11.3 Å². The minimum Gasteiger partial charge on any atom is -0.441 e. The van der Waals surface area contributed by atoms with Gasteiger partial charge in [-0.3, -0.25) is 0 Å². The average Bonchev–Trinajstić information content (AvgIpc) is 3.84. The van der Waals surface area contributed by atoms with Gasteiger partial charge in [-0.25, -0.2) is 0 Å². The fourth-order valence-electron chi connectivity index (χ4n) is 10.8. The molecule has 0 spiro atoms. The van der Waals surface area contributed by atoms with Crippen LogP contribution in [-0.4, -0.2) is 11.3 Å². The van der Waals surface area contributed by atoms with Crippen molar-refractivity contribution in [3.63, 3.8) is 0 Å². The van der Waals surface area contributed by atoms with E-state index in [9.17, 15) is 0 Å². The standard InChI is InChI=1S/C51H45BN2OS/c1-28-24-36-37(51(7,8)23-22-50(36,5)6)27-39(28)53-40-26-29(49(2,3)4)25-35-31-16-13-17-34-43-33-15-9-11-18-41(33)55-48(43)54(45(31)34)52(44(35)40)38-21-20-32-30-14-10-12-19-42(30)56-47(32)46(38)53/h9-21,24-27H,22-23H2,1-8H3. The molecule has 3 nitrogen and oxygen atoms in total. The number of fused-ring (bicyclic) bond motifs is 14. The van der Waals surface area contributed by atoms with Crippen LogP contribution in [0, 0.1) is 6.92 Å². The van der Waals surface area contributed by atoms with Gasteiger partial charge in [0.15, 0.2) is 5.71 Å². The molecule has 3 aromatic heterocycles. The van der Waals surface area contributed by atoms with E-state index in [4.69, 9.17) is 4.42 Å². The van der Waals surface area contributed by atoms with E-state index in [0.29, 0.717) is 0 Å². The number of anilines is 3. The first-order valence-electron chi connectivity index (χ1n) is 20.3. The molecule has 0 N–H and O–H groups in total. The number of hydrogen-bond acceptors (Lipinski definition) is 3. The molecule has 0 radical (unpaired) electrons. The third-order valence-corrected chi connectivity index (χ3v) is 15.1. The largest absolute Gasteiger partial charge is 0.441 e. The van der Waals surface area contributed by atoms with Gasteiger partial charge in [0.05, 0.1) is 15.8 Å². The van der Waals surface area contributed by atoms with Crippen molar-refractivity contribution in [2.45, 2.75) is 84.5 Å². The zero-order valence-electron chi connectivity index (χ0n) is 33.5. The van der Waals surface area contributed by atoms with Crippen molar-refractivity contribution in [3.05, 3.63) is 125 Å². The Morgan fingerprint density at radius 3 is 2.20 bits per heavy atom. The molecule has 5 heteroatoms. The molecule has 3 aliphatic rings. The quantitative estimate of drug-likeness (QED) is 0.156. The van der Waals surface area contributed by atoms with Crippen LogP contribution in [0.1, 0.15) is 83.6 Å². The number of hydrogen-bond donors (Lipinski definition) is 0. The predicted molar refractivity (Wildman–Crippen MR) is 241 cm³/mol. The van der Waals surface area contributed by atoms with Gasteiger partial charge in [-0.15, -0.1) is 11.3 Å². The number of aromatic nitrogens is 1. The van der Waals surface area contributed by atoms with Crippen molar-refractivity contribution in [2.75, 3.05) is 4.90 Å². The molecule has 5 heterocycles. The van der Waals surface area contributed by atoms with Crippen molar-refractivity contribution in [3.8, 4) is 11.1 Å². The van der Waals surface area contributed by atoms with E-state index in [1.165, 1.54) is 116 Å².